The summed E-state index contributed by atoms with van der Waals surface area (Å²) in [6.45, 7) is 0.332. The number of aliphatic carboxylic acids is 1. The van der Waals surface area contributed by atoms with E-state index in [-0.39, 0.29) is 12.2 Å². The fourth-order valence-corrected chi connectivity index (χ4v) is 2.67. The van der Waals surface area contributed by atoms with E-state index in [9.17, 15) is 18.0 Å². The van der Waals surface area contributed by atoms with E-state index in [4.69, 9.17) is 14.6 Å². The third-order valence-electron chi connectivity index (χ3n) is 4.17. The van der Waals surface area contributed by atoms with Crippen LogP contribution in [-0.4, -0.2) is 17.4 Å². The maximum absolute atomic E-state index is 12.2. The van der Waals surface area contributed by atoms with Crippen LogP contribution >= 0.6 is 0 Å². The average Bonchev–Trinajstić information content (AvgIpc) is 2.73. The molecule has 3 rings (SSSR count). The van der Waals surface area contributed by atoms with Gasteiger partial charge in [0.05, 0.1) is 0 Å². The summed E-state index contributed by atoms with van der Waals surface area (Å²) in [5, 5.41) is 8.71. The molecule has 0 amide bonds. The largest absolute Gasteiger partial charge is 0.573 e. The molecule has 0 aliphatic rings. The van der Waals surface area contributed by atoms with Crippen LogP contribution in [0.25, 0.3) is 0 Å². The van der Waals surface area contributed by atoms with Crippen molar-refractivity contribution in [3.8, 4) is 23.0 Å². The van der Waals surface area contributed by atoms with E-state index in [1.54, 1.807) is 24.3 Å². The lowest BCUT2D eigenvalue weighted by molar-refractivity contribution is -0.274. The highest BCUT2D eigenvalue weighted by Gasteiger charge is 2.30. The van der Waals surface area contributed by atoms with Crippen LogP contribution in [0.4, 0.5) is 13.2 Å². The van der Waals surface area contributed by atoms with Gasteiger partial charge in [-0.15, -0.1) is 13.2 Å². The predicted molar refractivity (Wildman–Crippen MR) is 106 cm³/mol. The van der Waals surface area contributed by atoms with E-state index in [1.807, 2.05) is 24.3 Å². The molecule has 1 N–H and O–H groups in total. The zero-order valence-corrected chi connectivity index (χ0v) is 16.3. The molecule has 0 atom stereocenters. The van der Waals surface area contributed by atoms with E-state index in [2.05, 4.69) is 4.74 Å². The first kappa shape index (κ1) is 22.0. The van der Waals surface area contributed by atoms with Crippen molar-refractivity contribution in [3.63, 3.8) is 0 Å². The maximum Gasteiger partial charge on any atom is 0.573 e. The fourth-order valence-electron chi connectivity index (χ4n) is 2.67. The third-order valence-corrected chi connectivity index (χ3v) is 4.17. The number of halogens is 3. The highest BCUT2D eigenvalue weighted by Crippen LogP contribution is 2.27. The number of hydrogen-bond acceptors (Lipinski definition) is 4. The number of benzene rings is 3. The summed E-state index contributed by atoms with van der Waals surface area (Å²) < 4.78 is 51.7. The SMILES string of the molecule is O=C(O)CCc1ccc(OCc2ccc(Oc3ccc(OC(F)(F)F)cc3)cc2)cc1. The van der Waals surface area contributed by atoms with Crippen molar-refractivity contribution in [2.24, 2.45) is 0 Å². The van der Waals surface area contributed by atoms with E-state index in [1.165, 1.54) is 24.3 Å². The van der Waals surface area contributed by atoms with Crippen LogP contribution < -0.4 is 14.2 Å². The van der Waals surface area contributed by atoms with Gasteiger partial charge in [-0.2, -0.15) is 0 Å². The zero-order valence-electron chi connectivity index (χ0n) is 16.3. The molecule has 5 nitrogen and oxygen atoms in total. The van der Waals surface area contributed by atoms with E-state index < -0.39 is 12.3 Å². The molecule has 0 unspecified atom stereocenters. The number of hydrogen-bond donors (Lipinski definition) is 1. The molecule has 0 heterocycles. The fraction of sp³-hybridized carbons (Fsp3) is 0.174. The lowest BCUT2D eigenvalue weighted by Crippen LogP contribution is -2.16. The van der Waals surface area contributed by atoms with Gasteiger partial charge in [0.1, 0.15) is 29.6 Å². The van der Waals surface area contributed by atoms with Gasteiger partial charge in [-0.1, -0.05) is 24.3 Å². The molecule has 3 aromatic rings. The molecule has 0 aliphatic heterocycles. The van der Waals surface area contributed by atoms with Crippen LogP contribution in [0.15, 0.2) is 72.8 Å². The topological polar surface area (TPSA) is 65.0 Å². The molecule has 0 radical (unpaired) electrons. The van der Waals surface area contributed by atoms with Crippen molar-refractivity contribution in [2.75, 3.05) is 0 Å². The Morgan fingerprint density at radius 1 is 0.742 bits per heavy atom. The van der Waals surface area contributed by atoms with Crippen molar-refractivity contribution in [1.29, 1.82) is 0 Å². The average molecular weight is 432 g/mol. The van der Waals surface area contributed by atoms with Crippen LogP contribution in [0.5, 0.6) is 23.0 Å². The first-order chi connectivity index (χ1) is 14.8. The van der Waals surface area contributed by atoms with Crippen molar-refractivity contribution >= 4 is 5.97 Å². The highest BCUT2D eigenvalue weighted by atomic mass is 19.4. The second-order valence-corrected chi connectivity index (χ2v) is 6.59. The Labute approximate surface area is 176 Å². The summed E-state index contributed by atoms with van der Waals surface area (Å²) in [4.78, 5) is 10.6. The number of aryl methyl sites for hydroxylation is 1. The number of carboxylic acids is 1. The quantitative estimate of drug-likeness (QED) is 0.451. The number of alkyl halides is 3. The summed E-state index contributed by atoms with van der Waals surface area (Å²) >= 11 is 0. The van der Waals surface area contributed by atoms with Crippen LogP contribution in [0.1, 0.15) is 17.5 Å². The van der Waals surface area contributed by atoms with Gasteiger partial charge >= 0.3 is 12.3 Å². The Morgan fingerprint density at radius 2 is 1.23 bits per heavy atom. The predicted octanol–water partition coefficient (Wildman–Crippen LogP) is 5.97. The lowest BCUT2D eigenvalue weighted by atomic mass is 10.1. The normalized spacial score (nSPS) is 11.1. The molecule has 0 saturated carbocycles. The summed E-state index contributed by atoms with van der Waals surface area (Å²) in [7, 11) is 0. The van der Waals surface area contributed by atoms with Gasteiger partial charge in [0.2, 0.25) is 0 Å². The van der Waals surface area contributed by atoms with E-state index in [0.717, 1.165) is 11.1 Å². The molecule has 0 spiro atoms. The van der Waals surface area contributed by atoms with Crippen molar-refractivity contribution in [1.82, 2.24) is 0 Å². The second kappa shape index (κ2) is 9.88. The zero-order chi connectivity index (χ0) is 22.3. The Kier molecular flexibility index (Phi) is 7.02. The Morgan fingerprint density at radius 3 is 1.77 bits per heavy atom. The van der Waals surface area contributed by atoms with Crippen LogP contribution in [-0.2, 0) is 17.8 Å². The third kappa shape index (κ3) is 7.58. The molecule has 31 heavy (non-hydrogen) atoms. The van der Waals surface area contributed by atoms with Gasteiger partial charge in [0, 0.05) is 6.42 Å². The van der Waals surface area contributed by atoms with Crippen molar-refractivity contribution in [3.05, 3.63) is 83.9 Å². The van der Waals surface area contributed by atoms with Gasteiger partial charge in [0.15, 0.2) is 0 Å². The standard InChI is InChI=1S/C23H19F3O5/c24-23(25,26)31-21-12-10-20(11-13-21)30-19-8-3-17(4-9-19)15-29-18-6-1-16(2-7-18)5-14-22(27)28/h1-4,6-13H,5,14-15H2,(H,27,28). The molecule has 8 heteroatoms. The minimum atomic E-state index is -4.73. The molecule has 0 aromatic heterocycles. The minimum Gasteiger partial charge on any atom is -0.489 e. The maximum atomic E-state index is 12.2. The molecular formula is C23H19F3O5. The molecule has 0 saturated heterocycles. The van der Waals surface area contributed by atoms with Gasteiger partial charge < -0.3 is 19.3 Å². The summed E-state index contributed by atoms with van der Waals surface area (Å²) in [5.41, 5.74) is 1.82. The van der Waals surface area contributed by atoms with Crippen LogP contribution in [0.2, 0.25) is 0 Å². The molecule has 0 aliphatic carbocycles. The second-order valence-electron chi connectivity index (χ2n) is 6.59. The summed E-state index contributed by atoms with van der Waals surface area (Å²) in [6.07, 6.45) is -4.18. The number of carboxylic acid groups (broad SMARTS) is 1. The molecule has 0 bridgehead atoms. The lowest BCUT2D eigenvalue weighted by Gasteiger charge is -2.11. The monoisotopic (exact) mass is 432 g/mol. The summed E-state index contributed by atoms with van der Waals surface area (Å²) in [5.74, 6) is 0.417. The molecule has 162 valence electrons. The van der Waals surface area contributed by atoms with Gasteiger partial charge in [0.25, 0.3) is 0 Å². The number of carbonyl (C=O) groups is 1. The molecular weight excluding hydrogens is 413 g/mol. The van der Waals surface area contributed by atoms with Gasteiger partial charge in [-0.3, -0.25) is 4.79 Å². The van der Waals surface area contributed by atoms with E-state index >= 15 is 0 Å². The first-order valence-electron chi connectivity index (χ1n) is 9.33. The van der Waals surface area contributed by atoms with Crippen molar-refractivity contribution < 1.29 is 37.3 Å². The molecule has 0 fully saturated rings. The Bertz CT molecular complexity index is 982. The Balaban J connectivity index is 1.49. The van der Waals surface area contributed by atoms with Gasteiger partial charge in [-0.25, -0.2) is 0 Å². The van der Waals surface area contributed by atoms with Crippen LogP contribution in [0.3, 0.4) is 0 Å². The smallest absolute Gasteiger partial charge is 0.489 e. The van der Waals surface area contributed by atoms with Gasteiger partial charge in [-0.05, 0) is 66.1 Å². The minimum absolute atomic E-state index is 0.0834. The summed E-state index contributed by atoms with van der Waals surface area (Å²) in [6, 6.07) is 19.5. The van der Waals surface area contributed by atoms with Crippen molar-refractivity contribution in [2.45, 2.75) is 25.8 Å². The highest BCUT2D eigenvalue weighted by molar-refractivity contribution is 5.67. The van der Waals surface area contributed by atoms with Crippen LogP contribution in [0, 0.1) is 0 Å². The first-order valence-corrected chi connectivity index (χ1v) is 9.33. The number of rotatable bonds is 9. The Hall–Kier alpha value is -3.68. The molecule has 3 aromatic carbocycles. The number of ether oxygens (including phenoxy) is 3. The van der Waals surface area contributed by atoms with E-state index in [0.29, 0.717) is 30.3 Å².